The van der Waals surface area contributed by atoms with Crippen LogP contribution in [0.1, 0.15) is 41.9 Å². The fourth-order valence-electron chi connectivity index (χ4n) is 4.15. The van der Waals surface area contributed by atoms with Crippen molar-refractivity contribution in [1.82, 2.24) is 14.7 Å². The number of aromatic nitrogens is 2. The highest BCUT2D eigenvalue weighted by Gasteiger charge is 2.39. The second-order valence-corrected chi connectivity index (χ2v) is 7.30. The Balaban J connectivity index is 1.96. The van der Waals surface area contributed by atoms with Gasteiger partial charge in [-0.25, -0.2) is 8.78 Å². The molecule has 2 heterocycles. The van der Waals surface area contributed by atoms with Crippen LogP contribution in [0.3, 0.4) is 0 Å². The molecule has 0 spiro atoms. The smallest absolute Gasteiger partial charge is 0.242 e. The summed E-state index contributed by atoms with van der Waals surface area (Å²) < 4.78 is 29.6. The number of aromatic hydroxyl groups is 1. The van der Waals surface area contributed by atoms with Crippen LogP contribution in [0.15, 0.2) is 59.5 Å². The maximum Gasteiger partial charge on any atom is 0.242 e. The van der Waals surface area contributed by atoms with Crippen molar-refractivity contribution in [1.29, 1.82) is 0 Å². The van der Waals surface area contributed by atoms with Crippen molar-refractivity contribution in [3.8, 4) is 5.75 Å². The van der Waals surface area contributed by atoms with Gasteiger partial charge in [0.1, 0.15) is 17.3 Å². The zero-order valence-electron chi connectivity index (χ0n) is 16.2. The van der Waals surface area contributed by atoms with Crippen molar-refractivity contribution < 1.29 is 19.0 Å². The van der Waals surface area contributed by atoms with Gasteiger partial charge in [0.25, 0.3) is 0 Å². The van der Waals surface area contributed by atoms with Crippen molar-refractivity contribution in [2.75, 3.05) is 13.1 Å². The molecule has 2 aromatic carbocycles. The van der Waals surface area contributed by atoms with Crippen LogP contribution in [-0.4, -0.2) is 38.0 Å². The highest BCUT2D eigenvalue weighted by Crippen LogP contribution is 2.42. The minimum atomic E-state index is -1.23. The van der Waals surface area contributed by atoms with Gasteiger partial charge < -0.3 is 10.2 Å². The fraction of sp³-hybridized carbons (Fsp3) is 0.273. The first-order valence-corrected chi connectivity index (χ1v) is 9.64. The maximum absolute atomic E-state index is 14.1. The first-order chi connectivity index (χ1) is 14.4. The Bertz CT molecular complexity index is 1090. The van der Waals surface area contributed by atoms with Gasteiger partial charge in [0.15, 0.2) is 12.0 Å². The molecule has 6 nitrogen and oxygen atoms in total. The van der Waals surface area contributed by atoms with Gasteiger partial charge in [0, 0.05) is 12.5 Å². The third kappa shape index (κ3) is 3.48. The first-order valence-electron chi connectivity index (χ1n) is 9.64. The number of aliphatic hydroxyl groups excluding tert-OH is 1. The number of hydrogen-bond acceptors (Lipinski definition) is 5. The molecule has 1 aromatic heterocycles. The zero-order valence-corrected chi connectivity index (χ0v) is 16.2. The van der Waals surface area contributed by atoms with Gasteiger partial charge in [-0.05, 0) is 41.9 Å². The largest absolute Gasteiger partial charge is 0.503 e. The van der Waals surface area contributed by atoms with E-state index in [0.717, 1.165) is 6.20 Å². The Morgan fingerprint density at radius 3 is 2.27 bits per heavy atom. The molecule has 0 saturated carbocycles. The van der Waals surface area contributed by atoms with Gasteiger partial charge in [-0.3, -0.25) is 14.4 Å². The number of nitrogens with zero attached hydrogens (tertiary/aromatic N) is 3. The van der Waals surface area contributed by atoms with E-state index in [1.807, 2.05) is 6.92 Å². The second kappa shape index (κ2) is 7.97. The van der Waals surface area contributed by atoms with Crippen molar-refractivity contribution in [3.63, 3.8) is 0 Å². The summed E-state index contributed by atoms with van der Waals surface area (Å²) in [6, 6.07) is 11.5. The van der Waals surface area contributed by atoms with E-state index in [1.54, 1.807) is 29.2 Å². The number of likely N-dealkylation sites (N-methyl/N-ethyl adjacent to an activating group) is 1. The summed E-state index contributed by atoms with van der Waals surface area (Å²) in [7, 11) is 0. The Labute approximate surface area is 171 Å². The summed E-state index contributed by atoms with van der Waals surface area (Å²) >= 11 is 0. The zero-order chi connectivity index (χ0) is 21.4. The molecule has 156 valence electrons. The maximum atomic E-state index is 14.1. The topological polar surface area (TPSA) is 78.6 Å². The normalized spacial score (nSPS) is 19.1. The van der Waals surface area contributed by atoms with E-state index in [9.17, 15) is 23.8 Å². The van der Waals surface area contributed by atoms with Gasteiger partial charge in [0.05, 0.1) is 12.2 Å². The lowest BCUT2D eigenvalue weighted by Crippen LogP contribution is -2.45. The summed E-state index contributed by atoms with van der Waals surface area (Å²) in [5.74, 6) is -2.01. The van der Waals surface area contributed by atoms with Gasteiger partial charge in [-0.1, -0.05) is 31.2 Å². The average Bonchev–Trinajstić information content (AvgIpc) is 2.72. The van der Waals surface area contributed by atoms with Crippen molar-refractivity contribution in [3.05, 3.63) is 93.4 Å². The van der Waals surface area contributed by atoms with Crippen LogP contribution in [0.4, 0.5) is 8.78 Å². The quantitative estimate of drug-likeness (QED) is 0.688. The summed E-state index contributed by atoms with van der Waals surface area (Å²) in [5, 5.41) is 25.2. The molecule has 2 N–H and O–H groups in total. The minimum absolute atomic E-state index is 0.0293. The van der Waals surface area contributed by atoms with E-state index in [1.165, 1.54) is 28.9 Å². The second-order valence-electron chi connectivity index (χ2n) is 7.30. The molecule has 2 unspecified atom stereocenters. The Kier molecular flexibility index (Phi) is 5.36. The molecular formula is C22H21F2N3O3. The number of rotatable bonds is 4. The van der Waals surface area contributed by atoms with Gasteiger partial charge in [0.2, 0.25) is 5.43 Å². The Hall–Kier alpha value is -3.10. The molecular weight excluding hydrogens is 392 g/mol. The molecule has 0 aliphatic carbocycles. The Morgan fingerprint density at radius 1 is 1.13 bits per heavy atom. The molecule has 2 atom stereocenters. The van der Waals surface area contributed by atoms with Crippen LogP contribution in [0.25, 0.3) is 0 Å². The van der Waals surface area contributed by atoms with Crippen molar-refractivity contribution in [2.24, 2.45) is 0 Å². The van der Waals surface area contributed by atoms with E-state index in [4.69, 9.17) is 0 Å². The molecule has 0 fully saturated rings. The van der Waals surface area contributed by atoms with E-state index >= 15 is 0 Å². The lowest BCUT2D eigenvalue weighted by atomic mass is 9.83. The molecule has 0 bridgehead atoms. The number of fused-ring (bicyclic) bond motifs is 1. The highest BCUT2D eigenvalue weighted by molar-refractivity contribution is 5.37. The predicted octanol–water partition coefficient (Wildman–Crippen LogP) is 2.93. The fourth-order valence-corrected chi connectivity index (χ4v) is 4.15. The number of benzene rings is 2. The van der Waals surface area contributed by atoms with Gasteiger partial charge in [-0.2, -0.15) is 5.10 Å². The van der Waals surface area contributed by atoms with Gasteiger partial charge >= 0.3 is 0 Å². The Morgan fingerprint density at radius 2 is 1.73 bits per heavy atom. The molecule has 0 saturated heterocycles. The lowest BCUT2D eigenvalue weighted by molar-refractivity contribution is -0.0373. The molecule has 0 amide bonds. The summed E-state index contributed by atoms with van der Waals surface area (Å²) in [6.45, 7) is 2.55. The van der Waals surface area contributed by atoms with E-state index in [0.29, 0.717) is 17.7 Å². The number of hydrogen-bond donors (Lipinski definition) is 2. The minimum Gasteiger partial charge on any atom is -0.503 e. The number of aliphatic hydroxyl groups is 1. The molecule has 3 aromatic rings. The van der Waals surface area contributed by atoms with Crippen LogP contribution in [-0.2, 0) is 0 Å². The lowest BCUT2D eigenvalue weighted by Gasteiger charge is -2.41. The standard InChI is InChI=1S/C22H21F2N3O3/c1-2-26-12-17(27-20(22(26)30)21(29)18(28)11-25-27)19(13-5-3-7-15(23)9-13)14-6-4-8-16(24)10-14/h3-11,17,19,22,29-30H,2,12H2,1H3. The predicted molar refractivity (Wildman–Crippen MR) is 106 cm³/mol. The van der Waals surface area contributed by atoms with Crippen LogP contribution < -0.4 is 5.43 Å². The van der Waals surface area contributed by atoms with Crippen LogP contribution in [0, 0.1) is 11.6 Å². The molecule has 0 radical (unpaired) electrons. The average molecular weight is 413 g/mol. The van der Waals surface area contributed by atoms with Crippen LogP contribution >= 0.6 is 0 Å². The van der Waals surface area contributed by atoms with Gasteiger partial charge in [-0.15, -0.1) is 0 Å². The van der Waals surface area contributed by atoms with Crippen LogP contribution in [0.5, 0.6) is 5.75 Å². The van der Waals surface area contributed by atoms with Crippen molar-refractivity contribution >= 4 is 0 Å². The summed E-state index contributed by atoms with van der Waals surface area (Å²) in [6.07, 6.45) is -0.248. The van der Waals surface area contributed by atoms with Crippen molar-refractivity contribution in [2.45, 2.75) is 25.1 Å². The molecule has 1 aliphatic heterocycles. The molecule has 4 rings (SSSR count). The van der Waals surface area contributed by atoms with Crippen LogP contribution in [0.2, 0.25) is 0 Å². The highest BCUT2D eigenvalue weighted by atomic mass is 19.1. The molecule has 8 heteroatoms. The summed E-state index contributed by atoms with van der Waals surface area (Å²) in [5.41, 5.74) is 0.441. The van der Waals surface area contributed by atoms with E-state index < -0.39 is 41.0 Å². The third-order valence-corrected chi connectivity index (χ3v) is 5.55. The van der Waals surface area contributed by atoms with E-state index in [2.05, 4.69) is 5.10 Å². The summed E-state index contributed by atoms with van der Waals surface area (Å²) in [4.78, 5) is 13.7. The van der Waals surface area contributed by atoms with E-state index in [-0.39, 0.29) is 12.2 Å². The number of halogens is 2. The SMILES string of the molecule is CCN1CC(C(c2cccc(F)c2)c2cccc(F)c2)n2ncc(=O)c(O)c2C1O. The molecule has 30 heavy (non-hydrogen) atoms. The monoisotopic (exact) mass is 413 g/mol. The molecule has 1 aliphatic rings. The first kappa shape index (κ1) is 20.2. The third-order valence-electron chi connectivity index (χ3n) is 5.55.